The van der Waals surface area contributed by atoms with Gasteiger partial charge in [0.05, 0.1) is 11.5 Å². The third-order valence-corrected chi connectivity index (χ3v) is 5.37. The van der Waals surface area contributed by atoms with Gasteiger partial charge in [-0.05, 0) is 25.0 Å². The van der Waals surface area contributed by atoms with E-state index in [0.29, 0.717) is 6.54 Å². The zero-order valence-electron chi connectivity index (χ0n) is 12.2. The Labute approximate surface area is 121 Å². The van der Waals surface area contributed by atoms with Crippen molar-refractivity contribution in [1.82, 2.24) is 9.88 Å². The topological polar surface area (TPSA) is 62.3 Å². The number of nitrogens with zero attached hydrogens (tertiary/aromatic N) is 2. The average molecular weight is 297 g/mol. The minimum Gasteiger partial charge on any atom is -0.370 e. The molecule has 2 heterocycles. The maximum absolute atomic E-state index is 11.6. The van der Waals surface area contributed by atoms with Crippen LogP contribution in [0.3, 0.4) is 0 Å². The van der Waals surface area contributed by atoms with Gasteiger partial charge >= 0.3 is 0 Å². The molecule has 0 radical (unpaired) electrons. The minimum atomic E-state index is -2.84. The molecule has 1 aromatic heterocycles. The molecule has 1 atom stereocenters. The zero-order valence-corrected chi connectivity index (χ0v) is 13.0. The zero-order chi connectivity index (χ0) is 14.6. The molecular formula is C14H23N3O2S. The molecule has 112 valence electrons. The van der Waals surface area contributed by atoms with Crippen LogP contribution < -0.4 is 5.32 Å². The van der Waals surface area contributed by atoms with Crippen molar-refractivity contribution in [2.75, 3.05) is 29.9 Å². The highest BCUT2D eigenvalue weighted by Crippen LogP contribution is 2.15. The summed E-state index contributed by atoms with van der Waals surface area (Å²) in [4.78, 5) is 6.58. The molecule has 0 aromatic carbocycles. The lowest BCUT2D eigenvalue weighted by Gasteiger charge is -2.32. The van der Waals surface area contributed by atoms with Crippen molar-refractivity contribution in [3.63, 3.8) is 0 Å². The first-order valence-electron chi connectivity index (χ1n) is 7.13. The summed E-state index contributed by atoms with van der Waals surface area (Å²) in [6.07, 6.45) is 2.94. The second-order valence-electron chi connectivity index (χ2n) is 5.41. The van der Waals surface area contributed by atoms with Crippen molar-refractivity contribution in [2.24, 2.45) is 0 Å². The van der Waals surface area contributed by atoms with Crippen LogP contribution in [0.1, 0.15) is 25.8 Å². The van der Waals surface area contributed by atoms with Crippen molar-refractivity contribution in [1.29, 1.82) is 0 Å². The van der Waals surface area contributed by atoms with Crippen LogP contribution in [-0.2, 0) is 16.4 Å². The number of pyridine rings is 1. The van der Waals surface area contributed by atoms with Gasteiger partial charge in [0.2, 0.25) is 0 Å². The van der Waals surface area contributed by atoms with Crippen molar-refractivity contribution in [3.05, 3.63) is 23.9 Å². The third-order valence-electron chi connectivity index (χ3n) is 3.57. The number of rotatable bonds is 5. The molecule has 0 amide bonds. The first kappa shape index (κ1) is 15.3. The van der Waals surface area contributed by atoms with Crippen LogP contribution in [0.25, 0.3) is 0 Å². The number of aromatic nitrogens is 1. The van der Waals surface area contributed by atoms with Gasteiger partial charge in [0.25, 0.3) is 0 Å². The quantitative estimate of drug-likeness (QED) is 0.893. The summed E-state index contributed by atoms with van der Waals surface area (Å²) in [5.74, 6) is 1.42. The molecule has 0 saturated carbocycles. The Morgan fingerprint density at radius 1 is 1.45 bits per heavy atom. The van der Waals surface area contributed by atoms with Gasteiger partial charge < -0.3 is 5.32 Å². The third kappa shape index (κ3) is 4.18. The molecule has 0 spiro atoms. The van der Waals surface area contributed by atoms with Crippen molar-refractivity contribution in [2.45, 2.75) is 32.9 Å². The Hall–Kier alpha value is -1.14. The van der Waals surface area contributed by atoms with Crippen LogP contribution in [0, 0.1) is 0 Å². The molecule has 1 fully saturated rings. The molecular weight excluding hydrogens is 274 g/mol. The Morgan fingerprint density at radius 3 is 2.85 bits per heavy atom. The van der Waals surface area contributed by atoms with Crippen LogP contribution in [0.4, 0.5) is 5.82 Å². The normalized spacial score (nSPS) is 22.6. The van der Waals surface area contributed by atoms with E-state index in [-0.39, 0.29) is 17.5 Å². The Kier molecular flexibility index (Phi) is 4.99. The molecule has 1 unspecified atom stereocenters. The van der Waals surface area contributed by atoms with E-state index >= 15 is 0 Å². The van der Waals surface area contributed by atoms with Gasteiger partial charge in [-0.15, -0.1) is 0 Å². The second kappa shape index (κ2) is 6.54. The molecule has 1 N–H and O–H groups in total. The SMILES string of the molecule is CCCNc1ccc(CN2CCS(=O)(=O)CC2C)cn1. The predicted octanol–water partition coefficient (Wildman–Crippen LogP) is 1.52. The number of anilines is 1. The highest BCUT2D eigenvalue weighted by molar-refractivity contribution is 7.91. The summed E-state index contributed by atoms with van der Waals surface area (Å²) in [6, 6.07) is 4.11. The largest absolute Gasteiger partial charge is 0.370 e. The van der Waals surface area contributed by atoms with E-state index in [4.69, 9.17) is 0 Å². The van der Waals surface area contributed by atoms with Crippen molar-refractivity contribution < 1.29 is 8.42 Å². The summed E-state index contributed by atoms with van der Waals surface area (Å²) in [5, 5.41) is 3.24. The van der Waals surface area contributed by atoms with E-state index in [1.807, 2.05) is 19.2 Å². The van der Waals surface area contributed by atoms with E-state index in [1.54, 1.807) is 0 Å². The Morgan fingerprint density at radius 2 is 2.25 bits per heavy atom. The first-order chi connectivity index (χ1) is 9.50. The van der Waals surface area contributed by atoms with Crippen molar-refractivity contribution in [3.8, 4) is 0 Å². The fraction of sp³-hybridized carbons (Fsp3) is 0.643. The van der Waals surface area contributed by atoms with Crippen LogP contribution in [0.5, 0.6) is 0 Å². The van der Waals surface area contributed by atoms with Gasteiger partial charge in [0.15, 0.2) is 9.84 Å². The van der Waals surface area contributed by atoms with E-state index < -0.39 is 9.84 Å². The molecule has 1 aliphatic heterocycles. The summed E-state index contributed by atoms with van der Waals surface area (Å²) < 4.78 is 23.1. The lowest BCUT2D eigenvalue weighted by molar-refractivity contribution is 0.218. The molecule has 1 aliphatic rings. The van der Waals surface area contributed by atoms with Gasteiger partial charge in [-0.3, -0.25) is 4.90 Å². The first-order valence-corrected chi connectivity index (χ1v) is 8.95. The molecule has 1 aromatic rings. The number of nitrogens with one attached hydrogen (secondary N) is 1. The summed E-state index contributed by atoms with van der Waals surface area (Å²) in [6.45, 7) is 6.39. The fourth-order valence-electron chi connectivity index (χ4n) is 2.38. The van der Waals surface area contributed by atoms with Gasteiger partial charge in [-0.25, -0.2) is 13.4 Å². The lowest BCUT2D eigenvalue weighted by atomic mass is 10.2. The lowest BCUT2D eigenvalue weighted by Crippen LogP contribution is -2.46. The highest BCUT2D eigenvalue weighted by Gasteiger charge is 2.27. The standard InChI is InChI=1S/C14H23N3O2S/c1-3-6-15-14-5-4-13(9-16-14)10-17-7-8-20(18,19)11-12(17)2/h4-5,9,12H,3,6-8,10-11H2,1-2H3,(H,15,16). The van der Waals surface area contributed by atoms with Crippen LogP contribution in [-0.4, -0.2) is 48.9 Å². The summed E-state index contributed by atoms with van der Waals surface area (Å²) in [7, 11) is -2.84. The van der Waals surface area contributed by atoms with Crippen molar-refractivity contribution >= 4 is 15.7 Å². The minimum absolute atomic E-state index is 0.0756. The molecule has 5 nitrogen and oxygen atoms in total. The summed E-state index contributed by atoms with van der Waals surface area (Å²) >= 11 is 0. The second-order valence-corrected chi connectivity index (χ2v) is 7.64. The maximum Gasteiger partial charge on any atom is 0.153 e. The number of sulfone groups is 1. The van der Waals surface area contributed by atoms with E-state index in [2.05, 4.69) is 28.2 Å². The Bertz CT molecular complexity index is 528. The summed E-state index contributed by atoms with van der Waals surface area (Å²) in [5.41, 5.74) is 1.12. The molecule has 20 heavy (non-hydrogen) atoms. The maximum atomic E-state index is 11.6. The molecule has 2 rings (SSSR count). The molecule has 6 heteroatoms. The molecule has 0 bridgehead atoms. The average Bonchev–Trinajstić information content (AvgIpc) is 2.40. The van der Waals surface area contributed by atoms with Crippen LogP contribution >= 0.6 is 0 Å². The smallest absolute Gasteiger partial charge is 0.153 e. The Balaban J connectivity index is 1.93. The van der Waals surface area contributed by atoms with Gasteiger partial charge in [-0.2, -0.15) is 0 Å². The van der Waals surface area contributed by atoms with Crippen LogP contribution in [0.15, 0.2) is 18.3 Å². The van der Waals surface area contributed by atoms with E-state index in [1.165, 1.54) is 0 Å². The van der Waals surface area contributed by atoms with Gasteiger partial charge in [0, 0.05) is 31.9 Å². The van der Waals surface area contributed by atoms with Crippen LogP contribution in [0.2, 0.25) is 0 Å². The van der Waals surface area contributed by atoms with E-state index in [0.717, 1.165) is 30.9 Å². The van der Waals surface area contributed by atoms with Gasteiger partial charge in [0.1, 0.15) is 5.82 Å². The number of hydrogen-bond acceptors (Lipinski definition) is 5. The van der Waals surface area contributed by atoms with E-state index in [9.17, 15) is 8.42 Å². The predicted molar refractivity (Wildman–Crippen MR) is 81.5 cm³/mol. The van der Waals surface area contributed by atoms with Gasteiger partial charge in [-0.1, -0.05) is 13.0 Å². The highest BCUT2D eigenvalue weighted by atomic mass is 32.2. The molecule has 1 saturated heterocycles. The molecule has 0 aliphatic carbocycles. The number of hydrogen-bond donors (Lipinski definition) is 1. The monoisotopic (exact) mass is 297 g/mol. The fourth-order valence-corrected chi connectivity index (χ4v) is 4.00.